The molecule has 1 fully saturated rings. The third kappa shape index (κ3) is 6.56. The highest BCUT2D eigenvalue weighted by atomic mass is 19.1. The summed E-state index contributed by atoms with van der Waals surface area (Å²) < 4.78 is 15.3. The number of halogens is 1. The van der Waals surface area contributed by atoms with Gasteiger partial charge in [0.2, 0.25) is 0 Å². The van der Waals surface area contributed by atoms with Crippen molar-refractivity contribution in [2.45, 2.75) is 52.4 Å². The Bertz CT molecular complexity index is 775. The Morgan fingerprint density at radius 1 is 1.24 bits per heavy atom. The summed E-state index contributed by atoms with van der Waals surface area (Å²) >= 11 is 0. The first-order valence-corrected chi connectivity index (χ1v) is 10.5. The lowest BCUT2D eigenvalue weighted by atomic mass is 10.0. The number of imidazole rings is 1. The molecule has 2 aromatic rings. The van der Waals surface area contributed by atoms with Crippen LogP contribution in [0.2, 0.25) is 0 Å². The smallest absolute Gasteiger partial charge is 0.191 e. The highest BCUT2D eigenvalue weighted by molar-refractivity contribution is 5.79. The van der Waals surface area contributed by atoms with Crippen molar-refractivity contribution in [1.82, 2.24) is 25.1 Å². The van der Waals surface area contributed by atoms with Crippen molar-refractivity contribution in [3.63, 3.8) is 0 Å². The van der Waals surface area contributed by atoms with Crippen molar-refractivity contribution in [1.29, 1.82) is 0 Å². The number of guanidine groups is 1. The van der Waals surface area contributed by atoms with Crippen molar-refractivity contribution in [2.24, 2.45) is 10.9 Å². The highest BCUT2D eigenvalue weighted by Crippen LogP contribution is 2.14. The average molecular weight is 401 g/mol. The molecule has 0 saturated carbocycles. The standard InChI is InChI=1S/C22H33FN6/c1-17(2)15-29-13-10-25-21(29)14-26-22(24-3)27-20-8-11-28(12-9-20)16-18-4-6-19(23)7-5-18/h4-7,10,13,17,20H,8-9,11-12,14-16H2,1-3H3,(H2,24,26,27). The van der Waals surface area contributed by atoms with Gasteiger partial charge in [-0.2, -0.15) is 0 Å². The zero-order chi connectivity index (χ0) is 20.6. The SMILES string of the molecule is CN=C(NCc1nccn1CC(C)C)NC1CCN(Cc2ccc(F)cc2)CC1. The van der Waals surface area contributed by atoms with Crippen molar-refractivity contribution in [3.8, 4) is 0 Å². The number of aromatic nitrogens is 2. The van der Waals surface area contributed by atoms with Gasteiger partial charge in [-0.25, -0.2) is 9.37 Å². The second-order valence-electron chi connectivity index (χ2n) is 8.14. The molecular formula is C22H33FN6. The van der Waals surface area contributed by atoms with E-state index in [1.165, 1.54) is 12.1 Å². The summed E-state index contributed by atoms with van der Waals surface area (Å²) in [7, 11) is 1.81. The van der Waals surface area contributed by atoms with Crippen LogP contribution in [0.25, 0.3) is 0 Å². The van der Waals surface area contributed by atoms with Crippen LogP contribution in [0.3, 0.4) is 0 Å². The van der Waals surface area contributed by atoms with Crippen LogP contribution >= 0.6 is 0 Å². The molecule has 1 aliphatic rings. The molecule has 2 heterocycles. The average Bonchev–Trinajstić information content (AvgIpc) is 3.14. The second kappa shape index (κ2) is 10.4. The summed E-state index contributed by atoms with van der Waals surface area (Å²) in [6, 6.07) is 7.21. The summed E-state index contributed by atoms with van der Waals surface area (Å²) in [4.78, 5) is 11.3. The van der Waals surface area contributed by atoms with E-state index in [1.807, 2.05) is 24.5 Å². The molecule has 1 aromatic heterocycles. The fourth-order valence-corrected chi connectivity index (χ4v) is 3.70. The number of hydrogen-bond donors (Lipinski definition) is 2. The van der Waals surface area contributed by atoms with E-state index in [4.69, 9.17) is 0 Å². The van der Waals surface area contributed by atoms with Crippen molar-refractivity contribution < 1.29 is 4.39 Å². The normalized spacial score (nSPS) is 16.4. The lowest BCUT2D eigenvalue weighted by Gasteiger charge is -2.33. The maximum atomic E-state index is 13.1. The molecule has 0 unspecified atom stereocenters. The number of likely N-dealkylation sites (tertiary alicyclic amines) is 1. The van der Waals surface area contributed by atoms with E-state index in [2.05, 4.69) is 43.9 Å². The van der Waals surface area contributed by atoms with Gasteiger partial charge >= 0.3 is 0 Å². The van der Waals surface area contributed by atoms with E-state index in [1.54, 1.807) is 7.05 Å². The van der Waals surface area contributed by atoms with E-state index < -0.39 is 0 Å². The molecule has 0 atom stereocenters. The molecule has 2 N–H and O–H groups in total. The first-order chi connectivity index (χ1) is 14.0. The van der Waals surface area contributed by atoms with Gasteiger partial charge in [0.05, 0.1) is 6.54 Å². The van der Waals surface area contributed by atoms with Crippen LogP contribution in [0.4, 0.5) is 4.39 Å². The Kier molecular flexibility index (Phi) is 7.63. The Balaban J connectivity index is 1.43. The predicted octanol–water partition coefficient (Wildman–Crippen LogP) is 3.01. The second-order valence-corrected chi connectivity index (χ2v) is 8.14. The minimum absolute atomic E-state index is 0.179. The first kappa shape index (κ1) is 21.3. The van der Waals surface area contributed by atoms with E-state index in [9.17, 15) is 4.39 Å². The lowest BCUT2D eigenvalue weighted by molar-refractivity contribution is 0.198. The monoisotopic (exact) mass is 400 g/mol. The van der Waals surface area contributed by atoms with E-state index in [-0.39, 0.29) is 5.82 Å². The van der Waals surface area contributed by atoms with Crippen LogP contribution in [0.5, 0.6) is 0 Å². The number of piperidine rings is 1. The van der Waals surface area contributed by atoms with Gasteiger partial charge in [-0.3, -0.25) is 9.89 Å². The number of aliphatic imine (C=N–C) groups is 1. The molecular weight excluding hydrogens is 367 g/mol. The Morgan fingerprint density at radius 2 is 1.97 bits per heavy atom. The first-order valence-electron chi connectivity index (χ1n) is 10.5. The lowest BCUT2D eigenvalue weighted by Crippen LogP contribution is -2.48. The van der Waals surface area contributed by atoms with E-state index in [0.717, 1.165) is 56.4 Å². The van der Waals surface area contributed by atoms with E-state index in [0.29, 0.717) is 18.5 Å². The van der Waals surface area contributed by atoms with Crippen molar-refractivity contribution >= 4 is 5.96 Å². The fourth-order valence-electron chi connectivity index (χ4n) is 3.70. The quantitative estimate of drug-likeness (QED) is 0.554. The summed E-state index contributed by atoms with van der Waals surface area (Å²) in [6.07, 6.45) is 6.00. The molecule has 0 amide bonds. The van der Waals surface area contributed by atoms with Crippen molar-refractivity contribution in [3.05, 3.63) is 53.9 Å². The van der Waals surface area contributed by atoms with Gasteiger partial charge in [0.15, 0.2) is 5.96 Å². The molecule has 7 heteroatoms. The highest BCUT2D eigenvalue weighted by Gasteiger charge is 2.20. The predicted molar refractivity (Wildman–Crippen MR) is 115 cm³/mol. The number of rotatable bonds is 7. The van der Waals surface area contributed by atoms with Crippen molar-refractivity contribution in [2.75, 3.05) is 20.1 Å². The molecule has 158 valence electrons. The molecule has 6 nitrogen and oxygen atoms in total. The summed E-state index contributed by atoms with van der Waals surface area (Å²) in [5, 5.41) is 6.94. The van der Waals surface area contributed by atoms with Gasteiger partial charge in [-0.15, -0.1) is 0 Å². The molecule has 0 radical (unpaired) electrons. The van der Waals surface area contributed by atoms with Crippen LogP contribution in [0.1, 0.15) is 38.1 Å². The van der Waals surface area contributed by atoms with Crippen LogP contribution in [-0.4, -0.2) is 46.6 Å². The van der Waals surface area contributed by atoms with Gasteiger partial charge in [0.1, 0.15) is 11.6 Å². The number of benzene rings is 1. The van der Waals surface area contributed by atoms with Crippen LogP contribution in [0, 0.1) is 11.7 Å². The topological polar surface area (TPSA) is 57.5 Å². The zero-order valence-corrected chi connectivity index (χ0v) is 17.7. The van der Waals surface area contributed by atoms with Gasteiger partial charge in [0, 0.05) is 51.7 Å². The Hall–Kier alpha value is -2.41. The Labute approximate surface area is 173 Å². The van der Waals surface area contributed by atoms with Crippen LogP contribution in [0.15, 0.2) is 41.7 Å². The van der Waals surface area contributed by atoms with Crippen LogP contribution < -0.4 is 10.6 Å². The summed E-state index contributed by atoms with van der Waals surface area (Å²) in [6.45, 7) is 8.95. The number of hydrogen-bond acceptors (Lipinski definition) is 3. The Morgan fingerprint density at radius 3 is 2.62 bits per heavy atom. The molecule has 1 aliphatic heterocycles. The number of nitrogens with one attached hydrogen (secondary N) is 2. The number of nitrogens with zero attached hydrogens (tertiary/aromatic N) is 4. The van der Waals surface area contributed by atoms with Gasteiger partial charge in [-0.1, -0.05) is 26.0 Å². The third-order valence-electron chi connectivity index (χ3n) is 5.25. The van der Waals surface area contributed by atoms with Gasteiger partial charge in [-0.05, 0) is 36.5 Å². The minimum Gasteiger partial charge on any atom is -0.354 e. The third-order valence-corrected chi connectivity index (χ3v) is 5.25. The molecule has 0 spiro atoms. The maximum absolute atomic E-state index is 13.1. The molecule has 29 heavy (non-hydrogen) atoms. The molecule has 3 rings (SSSR count). The van der Waals surface area contributed by atoms with Gasteiger partial charge < -0.3 is 15.2 Å². The molecule has 0 aliphatic carbocycles. The van der Waals surface area contributed by atoms with E-state index >= 15 is 0 Å². The van der Waals surface area contributed by atoms with Gasteiger partial charge in [0.25, 0.3) is 0 Å². The molecule has 1 aromatic carbocycles. The largest absolute Gasteiger partial charge is 0.354 e. The molecule has 1 saturated heterocycles. The fraction of sp³-hybridized carbons (Fsp3) is 0.545. The maximum Gasteiger partial charge on any atom is 0.191 e. The summed E-state index contributed by atoms with van der Waals surface area (Å²) in [5.41, 5.74) is 1.16. The van der Waals surface area contributed by atoms with Crippen LogP contribution in [-0.2, 0) is 19.6 Å². The molecule has 0 bridgehead atoms. The zero-order valence-electron chi connectivity index (χ0n) is 17.7. The summed E-state index contributed by atoms with van der Waals surface area (Å²) in [5.74, 6) is 2.25. The minimum atomic E-state index is -0.179.